The minimum atomic E-state index is -0.816. The molecule has 0 spiro atoms. The molecule has 0 saturated heterocycles. The van der Waals surface area contributed by atoms with E-state index in [0.29, 0.717) is 29.2 Å². The Bertz CT molecular complexity index is 1400. The first kappa shape index (κ1) is 32.5. The van der Waals surface area contributed by atoms with E-state index in [-0.39, 0.29) is 37.1 Å². The summed E-state index contributed by atoms with van der Waals surface area (Å²) in [4.78, 5) is 41.1. The number of carbonyl (C=O) groups is 3. The van der Waals surface area contributed by atoms with Crippen LogP contribution in [0.1, 0.15) is 39.2 Å². The molecule has 3 amide bonds. The Kier molecular flexibility index (Phi) is 11.8. The molecule has 3 rings (SSSR count). The van der Waals surface area contributed by atoms with Crippen molar-refractivity contribution in [3.63, 3.8) is 0 Å². The minimum Gasteiger partial charge on any atom is -0.447 e. The molecule has 1 aromatic heterocycles. The number of halogens is 3. The maximum absolute atomic E-state index is 13.6. The molecule has 0 radical (unpaired) electrons. The Morgan fingerprint density at radius 2 is 1.83 bits per heavy atom. The van der Waals surface area contributed by atoms with Crippen molar-refractivity contribution in [1.29, 1.82) is 0 Å². The Morgan fingerprint density at radius 1 is 1.05 bits per heavy atom. The summed E-state index contributed by atoms with van der Waals surface area (Å²) in [7, 11) is 0. The summed E-state index contributed by atoms with van der Waals surface area (Å²) in [5.41, 5.74) is -0.141. The molecule has 0 unspecified atom stereocenters. The molecular formula is C29H34ClF2N5O5. The van der Waals surface area contributed by atoms with Crippen LogP contribution < -0.4 is 21.3 Å². The van der Waals surface area contributed by atoms with E-state index in [9.17, 15) is 23.2 Å². The highest BCUT2D eigenvalue weighted by Crippen LogP contribution is 2.19. The fraction of sp³-hybridized carbons (Fsp3) is 0.379. The molecule has 10 nitrogen and oxygen atoms in total. The van der Waals surface area contributed by atoms with Gasteiger partial charge in [0.15, 0.2) is 0 Å². The number of amides is 3. The normalized spacial score (nSPS) is 12.0. The molecule has 42 heavy (non-hydrogen) atoms. The van der Waals surface area contributed by atoms with Gasteiger partial charge in [-0.3, -0.25) is 10.1 Å². The lowest BCUT2D eigenvalue weighted by Crippen LogP contribution is -2.43. The van der Waals surface area contributed by atoms with E-state index in [0.717, 1.165) is 0 Å². The Balaban J connectivity index is 1.53. The van der Waals surface area contributed by atoms with E-state index in [1.165, 1.54) is 36.5 Å². The van der Waals surface area contributed by atoms with Crippen LogP contribution in [-0.4, -0.2) is 54.4 Å². The van der Waals surface area contributed by atoms with Crippen LogP contribution in [0.2, 0.25) is 5.02 Å². The van der Waals surface area contributed by atoms with Gasteiger partial charge < -0.3 is 25.4 Å². The molecule has 3 aromatic rings. The second-order valence-electron chi connectivity index (χ2n) is 10.4. The van der Waals surface area contributed by atoms with E-state index in [4.69, 9.17) is 21.1 Å². The third-order valence-corrected chi connectivity index (χ3v) is 6.15. The number of ether oxygens (including phenoxy) is 2. The van der Waals surface area contributed by atoms with Gasteiger partial charge in [-0.1, -0.05) is 23.7 Å². The number of hydrogen-bond acceptors (Lipinski definition) is 7. The first-order chi connectivity index (χ1) is 19.9. The molecule has 0 aliphatic rings. The zero-order chi connectivity index (χ0) is 30.7. The van der Waals surface area contributed by atoms with Gasteiger partial charge >= 0.3 is 12.2 Å². The largest absolute Gasteiger partial charge is 0.447 e. The summed E-state index contributed by atoms with van der Waals surface area (Å²) < 4.78 is 37.7. The zero-order valence-electron chi connectivity index (χ0n) is 23.6. The highest BCUT2D eigenvalue weighted by atomic mass is 35.5. The topological polar surface area (TPSA) is 131 Å². The second-order valence-corrected chi connectivity index (χ2v) is 10.8. The molecule has 4 N–H and O–H groups in total. The van der Waals surface area contributed by atoms with Crippen LogP contribution in [-0.2, 0) is 20.8 Å². The second kappa shape index (κ2) is 15.3. The standard InChI is InChI=1S/C29H34ClF2N5O5/c1-29(2,3)42-27(39)34-11-5-7-22(36-25(38)16-33-14-19-6-4-8-23(32)26(19)30)17-41-28(40)37-24-13-20-12-21(31)10-9-18(20)15-35-24/h4,6,8-10,12-13,15,22,33H,5,7,11,14,16-17H2,1-3H3,(H,34,39)(H,36,38)(H,35,37,40)/t22-/m0/s1. The lowest BCUT2D eigenvalue weighted by molar-refractivity contribution is -0.121. The summed E-state index contributed by atoms with van der Waals surface area (Å²) in [5, 5.41) is 12.1. The minimum absolute atomic E-state index is 0.0220. The van der Waals surface area contributed by atoms with Crippen molar-refractivity contribution in [2.24, 2.45) is 0 Å². The predicted molar refractivity (Wildman–Crippen MR) is 155 cm³/mol. The summed E-state index contributed by atoms with van der Waals surface area (Å²) in [6.45, 7) is 5.40. The number of pyridine rings is 1. The lowest BCUT2D eigenvalue weighted by atomic mass is 10.1. The Morgan fingerprint density at radius 3 is 2.60 bits per heavy atom. The van der Waals surface area contributed by atoms with Gasteiger partial charge in [0.2, 0.25) is 5.91 Å². The number of nitrogens with zero attached hydrogens (tertiary/aromatic N) is 1. The van der Waals surface area contributed by atoms with Crippen LogP contribution in [0, 0.1) is 11.6 Å². The highest BCUT2D eigenvalue weighted by molar-refractivity contribution is 6.31. The number of anilines is 1. The molecule has 1 atom stereocenters. The molecule has 0 aliphatic heterocycles. The van der Waals surface area contributed by atoms with Crippen LogP contribution >= 0.6 is 11.6 Å². The lowest BCUT2D eigenvalue weighted by Gasteiger charge is -2.21. The van der Waals surface area contributed by atoms with Gasteiger partial charge in [0.05, 0.1) is 17.6 Å². The number of carbonyl (C=O) groups excluding carboxylic acids is 3. The molecule has 0 fully saturated rings. The van der Waals surface area contributed by atoms with Crippen LogP contribution in [0.5, 0.6) is 0 Å². The quantitative estimate of drug-likeness (QED) is 0.206. The maximum atomic E-state index is 13.6. The van der Waals surface area contributed by atoms with E-state index < -0.39 is 41.4 Å². The van der Waals surface area contributed by atoms with Gasteiger partial charge in [-0.25, -0.2) is 23.4 Å². The smallest absolute Gasteiger partial charge is 0.412 e. The number of alkyl carbamates (subject to hydrolysis) is 1. The molecule has 0 aliphatic carbocycles. The number of fused-ring (bicyclic) bond motifs is 1. The fourth-order valence-electron chi connectivity index (χ4n) is 3.82. The van der Waals surface area contributed by atoms with Gasteiger partial charge in [0.25, 0.3) is 0 Å². The van der Waals surface area contributed by atoms with Crippen LogP contribution in [0.25, 0.3) is 10.8 Å². The molecule has 1 heterocycles. The monoisotopic (exact) mass is 605 g/mol. The first-order valence-electron chi connectivity index (χ1n) is 13.3. The van der Waals surface area contributed by atoms with Crippen molar-refractivity contribution in [1.82, 2.24) is 20.9 Å². The highest BCUT2D eigenvalue weighted by Gasteiger charge is 2.18. The van der Waals surface area contributed by atoms with Crippen molar-refractivity contribution in [2.75, 3.05) is 25.0 Å². The third-order valence-electron chi connectivity index (χ3n) is 5.72. The average molecular weight is 606 g/mol. The summed E-state index contributed by atoms with van der Waals surface area (Å²) in [6, 6.07) is 9.53. The van der Waals surface area contributed by atoms with Gasteiger partial charge in [-0.2, -0.15) is 0 Å². The first-order valence-corrected chi connectivity index (χ1v) is 13.7. The summed E-state index contributed by atoms with van der Waals surface area (Å²) in [5.74, 6) is -1.20. The SMILES string of the molecule is CC(C)(C)OC(=O)NCCC[C@@H](COC(=O)Nc1cc2cc(F)ccc2cn1)NC(=O)CNCc1cccc(F)c1Cl. The van der Waals surface area contributed by atoms with Gasteiger partial charge in [-0.15, -0.1) is 0 Å². The molecule has 0 saturated carbocycles. The Labute approximate surface area is 247 Å². The van der Waals surface area contributed by atoms with Crippen LogP contribution in [0.15, 0.2) is 48.7 Å². The maximum Gasteiger partial charge on any atom is 0.412 e. The molecular weight excluding hydrogens is 572 g/mol. The molecule has 0 bridgehead atoms. The van der Waals surface area contributed by atoms with E-state index in [1.54, 1.807) is 32.9 Å². The van der Waals surface area contributed by atoms with Gasteiger partial charge in [-0.05, 0) is 74.9 Å². The van der Waals surface area contributed by atoms with Crippen LogP contribution in [0.4, 0.5) is 24.2 Å². The van der Waals surface area contributed by atoms with E-state index in [1.807, 2.05) is 0 Å². The third kappa shape index (κ3) is 11.1. The number of aromatic nitrogens is 1. The van der Waals surface area contributed by atoms with Crippen molar-refractivity contribution in [3.05, 3.63) is 70.9 Å². The fourth-order valence-corrected chi connectivity index (χ4v) is 4.01. The molecule has 13 heteroatoms. The number of benzene rings is 2. The number of nitrogens with one attached hydrogen (secondary N) is 4. The van der Waals surface area contributed by atoms with Gasteiger partial charge in [0, 0.05) is 24.7 Å². The number of rotatable bonds is 12. The van der Waals surface area contributed by atoms with Crippen molar-refractivity contribution in [3.8, 4) is 0 Å². The summed E-state index contributed by atoms with van der Waals surface area (Å²) >= 11 is 5.96. The number of hydrogen-bond donors (Lipinski definition) is 4. The zero-order valence-corrected chi connectivity index (χ0v) is 24.3. The predicted octanol–water partition coefficient (Wildman–Crippen LogP) is 5.29. The van der Waals surface area contributed by atoms with E-state index in [2.05, 4.69) is 26.3 Å². The molecule has 2 aromatic carbocycles. The summed E-state index contributed by atoms with van der Waals surface area (Å²) in [6.07, 6.45) is 0.914. The van der Waals surface area contributed by atoms with Gasteiger partial charge in [0.1, 0.15) is 29.7 Å². The molecule has 226 valence electrons. The Hall–Kier alpha value is -4.03. The van der Waals surface area contributed by atoms with Crippen molar-refractivity contribution >= 4 is 46.3 Å². The van der Waals surface area contributed by atoms with Crippen LogP contribution in [0.3, 0.4) is 0 Å². The average Bonchev–Trinajstić information content (AvgIpc) is 2.90. The van der Waals surface area contributed by atoms with Crippen molar-refractivity contribution in [2.45, 2.75) is 51.8 Å². The van der Waals surface area contributed by atoms with E-state index >= 15 is 0 Å². The van der Waals surface area contributed by atoms with Crippen molar-refractivity contribution < 1.29 is 32.6 Å².